The lowest BCUT2D eigenvalue weighted by molar-refractivity contribution is -0.116. The number of aryl methyl sites for hydroxylation is 1. The largest absolute Gasteiger partial charge is 0.292 e. The van der Waals surface area contributed by atoms with E-state index in [2.05, 4.69) is 20.5 Å². The SMILES string of the molecule is Cc1ccc(Cn2cnc(NC(=O)Cn3cc(Cl)cn3)n2)cc1. The molecule has 23 heavy (non-hydrogen) atoms. The number of anilines is 1. The minimum Gasteiger partial charge on any atom is -0.292 e. The Bertz CT molecular complexity index is 807. The lowest BCUT2D eigenvalue weighted by atomic mass is 10.1. The van der Waals surface area contributed by atoms with Crippen molar-refractivity contribution >= 4 is 23.5 Å². The van der Waals surface area contributed by atoms with Crippen molar-refractivity contribution in [2.24, 2.45) is 0 Å². The Balaban J connectivity index is 1.58. The van der Waals surface area contributed by atoms with Gasteiger partial charge < -0.3 is 0 Å². The van der Waals surface area contributed by atoms with Gasteiger partial charge in [0.05, 0.1) is 17.8 Å². The van der Waals surface area contributed by atoms with E-state index in [9.17, 15) is 4.79 Å². The van der Waals surface area contributed by atoms with Crippen LogP contribution in [0.3, 0.4) is 0 Å². The summed E-state index contributed by atoms with van der Waals surface area (Å²) in [6.45, 7) is 2.69. The van der Waals surface area contributed by atoms with Gasteiger partial charge in [-0.15, -0.1) is 5.10 Å². The highest BCUT2D eigenvalue weighted by Gasteiger charge is 2.08. The number of nitrogens with zero attached hydrogens (tertiary/aromatic N) is 5. The van der Waals surface area contributed by atoms with Crippen molar-refractivity contribution in [3.63, 3.8) is 0 Å². The summed E-state index contributed by atoms with van der Waals surface area (Å²) in [5, 5.41) is 11.3. The van der Waals surface area contributed by atoms with Gasteiger partial charge >= 0.3 is 0 Å². The Labute approximate surface area is 137 Å². The molecule has 1 aromatic carbocycles. The smallest absolute Gasteiger partial charge is 0.248 e. The zero-order chi connectivity index (χ0) is 16.2. The van der Waals surface area contributed by atoms with E-state index in [4.69, 9.17) is 11.6 Å². The zero-order valence-electron chi connectivity index (χ0n) is 12.5. The molecule has 2 aromatic heterocycles. The molecule has 0 radical (unpaired) electrons. The van der Waals surface area contributed by atoms with Gasteiger partial charge in [0.25, 0.3) is 0 Å². The van der Waals surface area contributed by atoms with Crippen molar-refractivity contribution in [2.45, 2.75) is 20.0 Å². The van der Waals surface area contributed by atoms with Gasteiger partial charge in [0.15, 0.2) is 0 Å². The highest BCUT2D eigenvalue weighted by atomic mass is 35.5. The number of nitrogens with one attached hydrogen (secondary N) is 1. The molecule has 8 heteroatoms. The molecule has 3 rings (SSSR count). The summed E-state index contributed by atoms with van der Waals surface area (Å²) < 4.78 is 3.12. The predicted molar refractivity (Wildman–Crippen MR) is 86.2 cm³/mol. The van der Waals surface area contributed by atoms with Crippen molar-refractivity contribution in [3.05, 3.63) is 59.1 Å². The highest BCUT2D eigenvalue weighted by Crippen LogP contribution is 2.07. The third-order valence-electron chi connectivity index (χ3n) is 3.16. The maximum absolute atomic E-state index is 11.9. The van der Waals surface area contributed by atoms with E-state index >= 15 is 0 Å². The molecule has 0 atom stereocenters. The molecule has 0 fully saturated rings. The first kappa shape index (κ1) is 15.2. The lowest BCUT2D eigenvalue weighted by Gasteiger charge is -2.02. The fourth-order valence-electron chi connectivity index (χ4n) is 2.04. The molecular formula is C15H15ClN6O. The molecule has 0 aliphatic rings. The van der Waals surface area contributed by atoms with Crippen LogP contribution in [0.25, 0.3) is 0 Å². The topological polar surface area (TPSA) is 77.6 Å². The summed E-state index contributed by atoms with van der Waals surface area (Å²) >= 11 is 5.75. The van der Waals surface area contributed by atoms with E-state index in [1.165, 1.54) is 16.4 Å². The van der Waals surface area contributed by atoms with Gasteiger partial charge in [-0.25, -0.2) is 9.67 Å². The second kappa shape index (κ2) is 6.62. The van der Waals surface area contributed by atoms with E-state index in [0.29, 0.717) is 11.6 Å². The number of carbonyl (C=O) groups is 1. The number of aromatic nitrogens is 5. The molecular weight excluding hydrogens is 316 g/mol. The third-order valence-corrected chi connectivity index (χ3v) is 3.36. The average molecular weight is 331 g/mol. The molecule has 1 amide bonds. The van der Waals surface area contributed by atoms with Gasteiger partial charge in [0.1, 0.15) is 12.9 Å². The van der Waals surface area contributed by atoms with E-state index in [1.54, 1.807) is 17.2 Å². The number of benzene rings is 1. The second-order valence-electron chi connectivity index (χ2n) is 5.16. The van der Waals surface area contributed by atoms with E-state index in [0.717, 1.165) is 5.56 Å². The van der Waals surface area contributed by atoms with Crippen molar-refractivity contribution < 1.29 is 4.79 Å². The molecule has 1 N–H and O–H groups in total. The van der Waals surface area contributed by atoms with Crippen LogP contribution in [0, 0.1) is 6.92 Å². The van der Waals surface area contributed by atoms with Crippen LogP contribution in [0.2, 0.25) is 5.02 Å². The summed E-state index contributed by atoms with van der Waals surface area (Å²) in [6.07, 6.45) is 4.63. The first-order valence-electron chi connectivity index (χ1n) is 7.01. The van der Waals surface area contributed by atoms with Gasteiger partial charge in [-0.1, -0.05) is 41.4 Å². The summed E-state index contributed by atoms with van der Waals surface area (Å²) in [7, 11) is 0. The molecule has 0 aliphatic carbocycles. The second-order valence-corrected chi connectivity index (χ2v) is 5.59. The molecule has 3 aromatic rings. The first-order valence-corrected chi connectivity index (χ1v) is 7.39. The number of hydrogen-bond donors (Lipinski definition) is 1. The van der Waals surface area contributed by atoms with Crippen LogP contribution in [0.15, 0.2) is 43.0 Å². The minimum absolute atomic E-state index is 0.0548. The summed E-state index contributed by atoms with van der Waals surface area (Å²) in [4.78, 5) is 16.0. The fraction of sp³-hybridized carbons (Fsp3) is 0.200. The number of hydrogen-bond acceptors (Lipinski definition) is 4. The van der Waals surface area contributed by atoms with Gasteiger partial charge in [-0.2, -0.15) is 5.10 Å². The van der Waals surface area contributed by atoms with E-state index in [1.807, 2.05) is 31.2 Å². The Kier molecular flexibility index (Phi) is 4.38. The molecule has 0 spiro atoms. The molecule has 0 aliphatic heterocycles. The van der Waals surface area contributed by atoms with Gasteiger partial charge in [0.2, 0.25) is 11.9 Å². The number of rotatable bonds is 5. The van der Waals surface area contributed by atoms with Crippen molar-refractivity contribution in [3.8, 4) is 0 Å². The summed E-state index contributed by atoms with van der Waals surface area (Å²) in [5.41, 5.74) is 2.32. The average Bonchev–Trinajstić information content (AvgIpc) is 3.11. The van der Waals surface area contributed by atoms with Crippen LogP contribution in [0.5, 0.6) is 0 Å². The van der Waals surface area contributed by atoms with Crippen LogP contribution in [-0.2, 0) is 17.9 Å². The van der Waals surface area contributed by atoms with Gasteiger partial charge in [0, 0.05) is 6.20 Å². The molecule has 118 valence electrons. The molecule has 0 bridgehead atoms. The van der Waals surface area contributed by atoms with Gasteiger partial charge in [-0.3, -0.25) is 14.8 Å². The van der Waals surface area contributed by atoms with Crippen molar-refractivity contribution in [2.75, 3.05) is 5.32 Å². The van der Waals surface area contributed by atoms with Crippen LogP contribution in [-0.4, -0.2) is 30.5 Å². The Morgan fingerprint density at radius 2 is 2.04 bits per heavy atom. The zero-order valence-corrected chi connectivity index (χ0v) is 13.2. The third kappa shape index (κ3) is 4.17. The molecule has 0 saturated heterocycles. The monoisotopic (exact) mass is 330 g/mol. The van der Waals surface area contributed by atoms with E-state index < -0.39 is 0 Å². The van der Waals surface area contributed by atoms with Crippen molar-refractivity contribution in [1.29, 1.82) is 0 Å². The fourth-order valence-corrected chi connectivity index (χ4v) is 2.20. The standard InChI is InChI=1S/C15H15ClN6O/c1-11-2-4-12(5-3-11)7-22-10-17-15(20-22)19-14(23)9-21-8-13(16)6-18-21/h2-6,8,10H,7,9H2,1H3,(H,19,20,23). The van der Waals surface area contributed by atoms with Crippen LogP contribution >= 0.6 is 11.6 Å². The lowest BCUT2D eigenvalue weighted by Crippen LogP contribution is -2.19. The first-order chi connectivity index (χ1) is 11.1. The molecule has 7 nitrogen and oxygen atoms in total. The maximum atomic E-state index is 11.9. The molecule has 0 unspecified atom stereocenters. The van der Waals surface area contributed by atoms with Crippen LogP contribution < -0.4 is 5.32 Å². The normalized spacial score (nSPS) is 10.7. The summed E-state index contributed by atoms with van der Waals surface area (Å²) in [5.74, 6) is -0.00165. The van der Waals surface area contributed by atoms with Crippen molar-refractivity contribution in [1.82, 2.24) is 24.5 Å². The molecule has 2 heterocycles. The Hall–Kier alpha value is -2.67. The van der Waals surface area contributed by atoms with Gasteiger partial charge in [-0.05, 0) is 12.5 Å². The number of halogens is 1. The minimum atomic E-state index is -0.266. The highest BCUT2D eigenvalue weighted by molar-refractivity contribution is 6.30. The quantitative estimate of drug-likeness (QED) is 0.777. The predicted octanol–water partition coefficient (Wildman–Crippen LogP) is 2.12. The Morgan fingerprint density at radius 3 is 2.74 bits per heavy atom. The van der Waals surface area contributed by atoms with E-state index in [-0.39, 0.29) is 18.4 Å². The Morgan fingerprint density at radius 1 is 1.26 bits per heavy atom. The van der Waals surface area contributed by atoms with Crippen LogP contribution in [0.4, 0.5) is 5.95 Å². The van der Waals surface area contributed by atoms with Crippen LogP contribution in [0.1, 0.15) is 11.1 Å². The maximum Gasteiger partial charge on any atom is 0.248 e. The number of carbonyl (C=O) groups excluding carboxylic acids is 1. The summed E-state index contributed by atoms with van der Waals surface area (Å²) in [6, 6.07) is 8.17. The molecule has 0 saturated carbocycles. The number of amides is 1.